The van der Waals surface area contributed by atoms with Crippen LogP contribution in [0.2, 0.25) is 0 Å². The summed E-state index contributed by atoms with van der Waals surface area (Å²) in [4.78, 5) is 14.2. The summed E-state index contributed by atoms with van der Waals surface area (Å²) in [6, 6.07) is 16.8. The molecule has 3 rings (SSSR count). The number of hydrazine groups is 1. The van der Waals surface area contributed by atoms with E-state index in [0.29, 0.717) is 5.56 Å². The molecule has 2 aromatic carbocycles. The molecular weight excluding hydrogens is 240 g/mol. The van der Waals surface area contributed by atoms with Gasteiger partial charge in [0.2, 0.25) is 0 Å². The normalized spacial score (nSPS) is 17.8. The molecule has 19 heavy (non-hydrogen) atoms. The first kappa shape index (κ1) is 11.7. The predicted octanol–water partition coefficient (Wildman–Crippen LogP) is 1.51. The summed E-state index contributed by atoms with van der Waals surface area (Å²) in [6.07, 6.45) is -0.468. The monoisotopic (exact) mass is 254 g/mol. The largest absolute Gasteiger partial charge is 0.351 e. The van der Waals surface area contributed by atoms with E-state index in [1.807, 2.05) is 48.5 Å². The SMILES string of the molecule is NNC1Nc2ccccc2C(=O)N1c1ccccc1. The van der Waals surface area contributed by atoms with Crippen molar-refractivity contribution in [3.63, 3.8) is 0 Å². The number of nitrogens with zero attached hydrogens (tertiary/aromatic N) is 1. The van der Waals surface area contributed by atoms with E-state index in [4.69, 9.17) is 5.84 Å². The molecule has 1 aliphatic rings. The van der Waals surface area contributed by atoms with Gasteiger partial charge in [0.25, 0.3) is 5.91 Å². The summed E-state index contributed by atoms with van der Waals surface area (Å²) in [5.41, 5.74) is 4.82. The number of amides is 1. The lowest BCUT2D eigenvalue weighted by Gasteiger charge is -2.37. The van der Waals surface area contributed by atoms with Gasteiger partial charge in [-0.05, 0) is 24.3 Å². The van der Waals surface area contributed by atoms with Crippen LogP contribution < -0.4 is 21.5 Å². The molecule has 0 fully saturated rings. The fraction of sp³-hybridized carbons (Fsp3) is 0.0714. The van der Waals surface area contributed by atoms with Crippen molar-refractivity contribution >= 4 is 17.3 Å². The van der Waals surface area contributed by atoms with Crippen LogP contribution in [0.5, 0.6) is 0 Å². The fourth-order valence-electron chi connectivity index (χ4n) is 2.23. The van der Waals surface area contributed by atoms with Gasteiger partial charge in [0.15, 0.2) is 6.29 Å². The number of hydrogen-bond acceptors (Lipinski definition) is 4. The predicted molar refractivity (Wildman–Crippen MR) is 74.4 cm³/mol. The Balaban J connectivity index is 2.07. The van der Waals surface area contributed by atoms with Crippen LogP contribution in [0.3, 0.4) is 0 Å². The Morgan fingerprint density at radius 1 is 1.05 bits per heavy atom. The van der Waals surface area contributed by atoms with Crippen LogP contribution in [0.25, 0.3) is 0 Å². The Morgan fingerprint density at radius 3 is 2.47 bits per heavy atom. The average molecular weight is 254 g/mol. The van der Waals surface area contributed by atoms with Gasteiger partial charge in [-0.1, -0.05) is 30.3 Å². The lowest BCUT2D eigenvalue weighted by atomic mass is 10.1. The topological polar surface area (TPSA) is 70.4 Å². The van der Waals surface area contributed by atoms with Gasteiger partial charge in [0, 0.05) is 11.4 Å². The van der Waals surface area contributed by atoms with E-state index >= 15 is 0 Å². The van der Waals surface area contributed by atoms with Gasteiger partial charge < -0.3 is 5.32 Å². The Kier molecular flexibility index (Phi) is 2.91. The molecule has 0 bridgehead atoms. The summed E-state index contributed by atoms with van der Waals surface area (Å²) in [5.74, 6) is 5.46. The summed E-state index contributed by atoms with van der Waals surface area (Å²) < 4.78 is 0. The number of hydrogen-bond donors (Lipinski definition) is 3. The molecule has 1 amide bonds. The maximum Gasteiger partial charge on any atom is 0.263 e. The maximum atomic E-state index is 12.6. The Labute approximate surface area is 111 Å². The minimum Gasteiger partial charge on any atom is -0.351 e. The quantitative estimate of drug-likeness (QED) is 0.561. The first-order valence-electron chi connectivity index (χ1n) is 6.01. The fourth-order valence-corrected chi connectivity index (χ4v) is 2.23. The van der Waals surface area contributed by atoms with Gasteiger partial charge >= 0.3 is 0 Å². The zero-order valence-electron chi connectivity index (χ0n) is 10.2. The number of anilines is 2. The summed E-state index contributed by atoms with van der Waals surface area (Å²) in [7, 11) is 0. The number of fused-ring (bicyclic) bond motifs is 1. The van der Waals surface area contributed by atoms with Crippen LogP contribution >= 0.6 is 0 Å². The van der Waals surface area contributed by atoms with Gasteiger partial charge in [-0.2, -0.15) is 0 Å². The highest BCUT2D eigenvalue weighted by atomic mass is 16.2. The summed E-state index contributed by atoms with van der Waals surface area (Å²) in [6.45, 7) is 0. The standard InChI is InChI=1S/C14H14N4O/c15-17-14-16-12-9-5-4-8-11(12)13(19)18(14)10-6-2-1-3-7-10/h1-9,14,16-17H,15H2. The van der Waals surface area contributed by atoms with Gasteiger partial charge in [-0.15, -0.1) is 0 Å². The van der Waals surface area contributed by atoms with E-state index in [9.17, 15) is 4.79 Å². The highest BCUT2D eigenvalue weighted by Crippen LogP contribution is 2.28. The van der Waals surface area contributed by atoms with Crippen LogP contribution in [-0.2, 0) is 0 Å². The third-order valence-electron chi connectivity index (χ3n) is 3.12. The zero-order valence-corrected chi connectivity index (χ0v) is 10.2. The van der Waals surface area contributed by atoms with Crippen LogP contribution in [0.1, 0.15) is 10.4 Å². The van der Waals surface area contributed by atoms with Crippen molar-refractivity contribution in [2.45, 2.75) is 6.29 Å². The van der Waals surface area contributed by atoms with E-state index < -0.39 is 6.29 Å². The van der Waals surface area contributed by atoms with Gasteiger partial charge in [-0.25, -0.2) is 5.43 Å². The van der Waals surface area contributed by atoms with Crippen LogP contribution in [0.4, 0.5) is 11.4 Å². The summed E-state index contributed by atoms with van der Waals surface area (Å²) in [5, 5.41) is 3.19. The molecule has 4 N–H and O–H groups in total. The molecule has 1 heterocycles. The third-order valence-corrected chi connectivity index (χ3v) is 3.12. The molecule has 1 unspecified atom stereocenters. The molecule has 0 spiro atoms. The minimum absolute atomic E-state index is 0.0801. The average Bonchev–Trinajstić information content (AvgIpc) is 2.48. The van der Waals surface area contributed by atoms with Gasteiger partial charge in [-0.3, -0.25) is 15.5 Å². The molecule has 0 radical (unpaired) electrons. The number of para-hydroxylation sites is 2. The molecule has 0 aliphatic carbocycles. The number of benzene rings is 2. The van der Waals surface area contributed by atoms with Crippen molar-refractivity contribution in [3.8, 4) is 0 Å². The highest BCUT2D eigenvalue weighted by Gasteiger charge is 2.31. The van der Waals surface area contributed by atoms with Crippen molar-refractivity contribution in [2.24, 2.45) is 5.84 Å². The molecule has 1 atom stereocenters. The number of nitrogens with one attached hydrogen (secondary N) is 2. The molecule has 0 saturated carbocycles. The molecule has 5 heteroatoms. The van der Waals surface area contributed by atoms with Crippen molar-refractivity contribution in [1.29, 1.82) is 0 Å². The van der Waals surface area contributed by atoms with Crippen LogP contribution in [0.15, 0.2) is 54.6 Å². The summed E-state index contributed by atoms with van der Waals surface area (Å²) >= 11 is 0. The molecule has 2 aromatic rings. The molecule has 5 nitrogen and oxygen atoms in total. The number of nitrogens with two attached hydrogens (primary N) is 1. The van der Waals surface area contributed by atoms with Crippen LogP contribution in [-0.4, -0.2) is 12.2 Å². The van der Waals surface area contributed by atoms with Gasteiger partial charge in [0.1, 0.15) is 0 Å². The van der Waals surface area contributed by atoms with Gasteiger partial charge in [0.05, 0.1) is 5.56 Å². The second-order valence-corrected chi connectivity index (χ2v) is 4.27. The Bertz CT molecular complexity index is 599. The highest BCUT2D eigenvalue weighted by molar-refractivity contribution is 6.11. The smallest absolute Gasteiger partial charge is 0.263 e. The van der Waals surface area contributed by atoms with E-state index in [1.165, 1.54) is 0 Å². The van der Waals surface area contributed by atoms with Crippen molar-refractivity contribution in [1.82, 2.24) is 5.43 Å². The van der Waals surface area contributed by atoms with Crippen molar-refractivity contribution < 1.29 is 4.79 Å². The van der Waals surface area contributed by atoms with Crippen LogP contribution in [0, 0.1) is 0 Å². The first-order chi connectivity index (χ1) is 9.31. The number of rotatable bonds is 2. The lowest BCUT2D eigenvalue weighted by molar-refractivity contribution is 0.0970. The first-order valence-corrected chi connectivity index (χ1v) is 6.01. The minimum atomic E-state index is -0.468. The second-order valence-electron chi connectivity index (χ2n) is 4.27. The van der Waals surface area contributed by atoms with E-state index in [0.717, 1.165) is 11.4 Å². The molecule has 96 valence electrons. The van der Waals surface area contributed by atoms with E-state index in [-0.39, 0.29) is 5.91 Å². The maximum absolute atomic E-state index is 12.6. The number of carbonyl (C=O) groups excluding carboxylic acids is 1. The molecular formula is C14H14N4O. The van der Waals surface area contributed by atoms with E-state index in [1.54, 1.807) is 11.0 Å². The zero-order chi connectivity index (χ0) is 13.2. The molecule has 0 saturated heterocycles. The van der Waals surface area contributed by atoms with E-state index in [2.05, 4.69) is 10.7 Å². The van der Waals surface area contributed by atoms with Crippen molar-refractivity contribution in [2.75, 3.05) is 10.2 Å². The number of carbonyl (C=O) groups is 1. The second kappa shape index (κ2) is 4.72. The molecule has 1 aliphatic heterocycles. The Morgan fingerprint density at radius 2 is 1.74 bits per heavy atom. The molecule has 0 aromatic heterocycles. The lowest BCUT2D eigenvalue weighted by Crippen LogP contribution is -2.58. The van der Waals surface area contributed by atoms with Crippen molar-refractivity contribution in [3.05, 3.63) is 60.2 Å². The Hall–Kier alpha value is -2.37. The third kappa shape index (κ3) is 1.95.